The van der Waals surface area contributed by atoms with E-state index in [-0.39, 0.29) is 27.9 Å². The maximum absolute atomic E-state index is 16.6. The second-order valence-electron chi connectivity index (χ2n) is 39.6. The molecule has 5 nitrogen and oxygen atoms in total. The van der Waals surface area contributed by atoms with Crippen LogP contribution >= 0.6 is 31.9 Å². The minimum Gasteiger partial charge on any atom is -0.455 e. The molecule has 137 heavy (non-hydrogen) atoms. The largest absolute Gasteiger partial charge is 0.455 e. The van der Waals surface area contributed by atoms with Crippen molar-refractivity contribution in [1.82, 2.24) is 0 Å². The van der Waals surface area contributed by atoms with Gasteiger partial charge in [-0.25, -0.2) is 8.78 Å². The third-order valence-electron chi connectivity index (χ3n) is 28.4. The third-order valence-corrected chi connectivity index (χ3v) is 29.5. The molecule has 0 bridgehead atoms. The first-order valence-corrected chi connectivity index (χ1v) is 48.6. The van der Waals surface area contributed by atoms with E-state index < -0.39 is 10.8 Å². The topological polar surface area (TPSA) is 44.8 Å². The zero-order chi connectivity index (χ0) is 93.5. The van der Waals surface area contributed by atoms with Crippen molar-refractivity contribution >= 4 is 121 Å². The van der Waals surface area contributed by atoms with Gasteiger partial charge in [-0.15, -0.1) is 0 Å². The maximum Gasteiger partial charge on any atom is 0.145 e. The van der Waals surface area contributed by atoms with Crippen LogP contribution < -0.4 is 15.1 Å². The summed E-state index contributed by atoms with van der Waals surface area (Å²) < 4.78 is 47.3. The van der Waals surface area contributed by atoms with Crippen LogP contribution in [0.4, 0.5) is 54.3 Å². The Kier molecular flexibility index (Phi) is 21.1. The van der Waals surface area contributed by atoms with Gasteiger partial charge in [0.2, 0.25) is 0 Å². The first-order chi connectivity index (χ1) is 66.4. The molecule has 664 valence electrons. The van der Waals surface area contributed by atoms with E-state index in [2.05, 4.69) is 467 Å². The number of rotatable bonds is 11. The second kappa shape index (κ2) is 33.5. The molecule has 2 unspecified atom stereocenters. The highest BCUT2D eigenvalue weighted by molar-refractivity contribution is 9.11. The molecule has 4 aliphatic rings. The van der Waals surface area contributed by atoms with Crippen molar-refractivity contribution in [2.75, 3.05) is 15.1 Å². The summed E-state index contributed by atoms with van der Waals surface area (Å²) >= 11 is 7.61. The number of fused-ring (bicyclic) bond motifs is 28. The molecule has 0 aliphatic heterocycles. The van der Waals surface area contributed by atoms with Gasteiger partial charge in [-0.3, -0.25) is 0 Å². The van der Waals surface area contributed by atoms with Gasteiger partial charge in [0.15, 0.2) is 0 Å². The summed E-state index contributed by atoms with van der Waals surface area (Å²) in [7, 11) is 0. The van der Waals surface area contributed by atoms with Crippen LogP contribution in [0.25, 0.3) is 122 Å². The van der Waals surface area contributed by atoms with Gasteiger partial charge < -0.3 is 24.0 Å². The predicted octanol–water partition coefficient (Wildman–Crippen LogP) is 36.9. The number of nitrogens with one attached hydrogen (secondary N) is 1. The summed E-state index contributed by atoms with van der Waals surface area (Å²) in [5.41, 5.74) is 38.2. The van der Waals surface area contributed by atoms with Crippen molar-refractivity contribution < 1.29 is 17.6 Å². The Labute approximate surface area is 815 Å². The number of halogens is 4. The van der Waals surface area contributed by atoms with Crippen LogP contribution in [-0.4, -0.2) is 0 Å². The molecule has 25 rings (SSSR count). The normalized spacial score (nSPS) is 14.5. The molecule has 0 saturated heterocycles. The highest BCUT2D eigenvalue weighted by Crippen LogP contribution is 2.69. The maximum atomic E-state index is 16.6. The van der Waals surface area contributed by atoms with Crippen LogP contribution in [0.1, 0.15) is 124 Å². The van der Waals surface area contributed by atoms with Crippen LogP contribution in [-0.2, 0) is 27.1 Å². The molecule has 0 radical (unpaired) electrons. The van der Waals surface area contributed by atoms with Crippen molar-refractivity contribution in [2.45, 2.75) is 89.4 Å². The minimum absolute atomic E-state index is 0.0249. The Morgan fingerprint density at radius 2 is 0.591 bits per heavy atom. The van der Waals surface area contributed by atoms with Crippen LogP contribution in [0.15, 0.2) is 436 Å². The third kappa shape index (κ3) is 14.6. The van der Waals surface area contributed by atoms with E-state index in [9.17, 15) is 4.39 Å². The van der Waals surface area contributed by atoms with E-state index >= 15 is 4.39 Å². The molecule has 0 fully saturated rings. The lowest BCUT2D eigenvalue weighted by Crippen LogP contribution is -2.27. The lowest BCUT2D eigenvalue weighted by molar-refractivity contribution is 0.590. The molecule has 9 heteroatoms. The summed E-state index contributed by atoms with van der Waals surface area (Å²) in [6.45, 7) is 20.3. The van der Waals surface area contributed by atoms with E-state index in [4.69, 9.17) is 8.83 Å². The molecule has 21 aromatic rings. The SMILES string of the molecule is CC(C)(C)c1ccc(N(c2ccc(-c3ccccc3)cc2)c2ccc3c(c2)C2(c4ccccc4-c4ccc(F)cc42)c2cc(N(c4ccc(-c5ccccc5)cc4)c4ccc(C(C)(C)C)cc4)c4c(oc5ccccc54)c2-3)cc1.CC(C)(C)c1ccc(Nc2ccc(-c3ccccc3)cc2)cc1.Fc1ccc2c(c1)C1(c3ccccc3-2)c2cc(Br)ccc2-c2c1cc(Br)c1c2oc2ccccc21. The zero-order valence-corrected chi connectivity index (χ0v) is 80.7. The van der Waals surface area contributed by atoms with Crippen LogP contribution in [0.5, 0.6) is 0 Å². The van der Waals surface area contributed by atoms with Gasteiger partial charge in [0, 0.05) is 76.0 Å². The fourth-order valence-corrected chi connectivity index (χ4v) is 22.8. The Morgan fingerprint density at radius 1 is 0.263 bits per heavy atom. The molecule has 19 aromatic carbocycles. The van der Waals surface area contributed by atoms with Crippen LogP contribution in [0.3, 0.4) is 0 Å². The molecular weight excluding hydrogens is 1810 g/mol. The van der Waals surface area contributed by atoms with Crippen molar-refractivity contribution in [3.8, 4) is 77.9 Å². The molecule has 2 spiro atoms. The van der Waals surface area contributed by atoms with Crippen LogP contribution in [0.2, 0.25) is 0 Å². The standard InChI is InChI=1S/C75H59FN2O.C31H15Br2FO.C22H23N/c1-73(2,3)52-29-38-56(39-30-52)77(55-34-25-50(26-35-55)48-17-9-7-10-18-48)59-42-44-62-66(46-59)75(64-23-15-13-21-60(64)61-43-33-54(76)45-65(61)75)67-47-68(71-63-22-14-16-24-69(63)79-72(71)70(62)67)78(58-40-31-53(32-41-58)74(4,5)6)57-36-27-51(28-37-57)49-19-11-8-12-20-49;32-16-9-11-20-23(13-16)31(22-7-3-1-5-18(22)19-12-10-17(34)14-24(19)31)25-15-26(33)29-21-6-2-4-8-27(21)35-30(29)28(20)25;1-22(2,3)19-11-15-21(16-12-19)23-20-13-9-18(10-14-20)17-7-5-4-6-8-17/h7-47H,1-6H3;1-15H;4-16,23H,1-3H3. The highest BCUT2D eigenvalue weighted by Gasteiger charge is 2.56. The fourth-order valence-electron chi connectivity index (χ4n) is 21.8. The molecule has 1 N–H and O–H groups in total. The minimum atomic E-state index is -0.964. The van der Waals surface area contributed by atoms with Crippen molar-refractivity contribution in [3.05, 3.63) is 500 Å². The van der Waals surface area contributed by atoms with Crippen molar-refractivity contribution in [3.63, 3.8) is 0 Å². The fraction of sp³-hybridized carbons (Fsp3) is 0.109. The summed E-state index contributed by atoms with van der Waals surface area (Å²) in [4.78, 5) is 4.78. The van der Waals surface area contributed by atoms with E-state index in [1.54, 1.807) is 24.3 Å². The Hall–Kier alpha value is -15.0. The molecule has 0 saturated carbocycles. The molecular formula is C128H97Br2F2N3O2. The summed E-state index contributed by atoms with van der Waals surface area (Å²) in [5, 5.41) is 7.64. The quantitative estimate of drug-likeness (QED) is 0.140. The average Bonchev–Trinajstić information content (AvgIpc) is 1.50. The van der Waals surface area contributed by atoms with E-state index in [0.717, 1.165) is 198 Å². The number of anilines is 8. The van der Waals surface area contributed by atoms with Gasteiger partial charge in [-0.1, -0.05) is 367 Å². The number of hydrogen-bond acceptors (Lipinski definition) is 5. The number of nitrogens with zero attached hydrogens (tertiary/aromatic N) is 2. The predicted molar refractivity (Wildman–Crippen MR) is 573 cm³/mol. The lowest BCUT2D eigenvalue weighted by atomic mass is 9.70. The number of para-hydroxylation sites is 2. The van der Waals surface area contributed by atoms with E-state index in [1.807, 2.05) is 36.4 Å². The van der Waals surface area contributed by atoms with Gasteiger partial charge in [0.1, 0.15) is 34.0 Å². The summed E-state index contributed by atoms with van der Waals surface area (Å²) in [6, 6.07) is 147. The number of hydrogen-bond donors (Lipinski definition) is 1. The van der Waals surface area contributed by atoms with Crippen molar-refractivity contribution in [1.29, 1.82) is 0 Å². The van der Waals surface area contributed by atoms with E-state index in [1.165, 1.54) is 38.9 Å². The van der Waals surface area contributed by atoms with Gasteiger partial charge in [0.25, 0.3) is 0 Å². The Morgan fingerprint density at radius 3 is 1.05 bits per heavy atom. The zero-order valence-electron chi connectivity index (χ0n) is 77.6. The first-order valence-electron chi connectivity index (χ1n) is 47.0. The molecule has 2 heterocycles. The van der Waals surface area contributed by atoms with Gasteiger partial charge in [0.05, 0.1) is 21.9 Å². The van der Waals surface area contributed by atoms with E-state index in [0.29, 0.717) is 0 Å². The van der Waals surface area contributed by atoms with Crippen molar-refractivity contribution in [2.24, 2.45) is 0 Å². The van der Waals surface area contributed by atoms with Gasteiger partial charge >= 0.3 is 0 Å². The second-order valence-corrected chi connectivity index (χ2v) is 41.4. The molecule has 2 aromatic heterocycles. The summed E-state index contributed by atoms with van der Waals surface area (Å²) in [6.07, 6.45) is 0. The lowest BCUT2D eigenvalue weighted by Gasteiger charge is -2.33. The number of benzene rings is 19. The molecule has 0 amide bonds. The van der Waals surface area contributed by atoms with Crippen LogP contribution in [0, 0.1) is 11.6 Å². The monoisotopic (exact) mass is 1900 g/mol. The van der Waals surface area contributed by atoms with Gasteiger partial charge in [-0.2, -0.15) is 0 Å². The number of furan rings is 2. The smallest absolute Gasteiger partial charge is 0.145 e. The highest BCUT2D eigenvalue weighted by atomic mass is 79.9. The first kappa shape index (κ1) is 86.1. The molecule has 2 atom stereocenters. The Balaban J connectivity index is 0.000000147. The average molecular weight is 1910 g/mol. The molecule has 4 aliphatic carbocycles. The van der Waals surface area contributed by atoms with Gasteiger partial charge in [-0.05, 0) is 290 Å². The summed E-state index contributed by atoms with van der Waals surface area (Å²) in [5.74, 6) is -0.509. The Bertz CT molecular complexity index is 8300.